The van der Waals surface area contributed by atoms with Crippen molar-refractivity contribution < 1.29 is 4.79 Å². The van der Waals surface area contributed by atoms with Gasteiger partial charge in [-0.1, -0.05) is 18.2 Å². The molecule has 0 radical (unpaired) electrons. The van der Waals surface area contributed by atoms with Crippen LogP contribution in [-0.2, 0) is 13.0 Å². The second-order valence-electron chi connectivity index (χ2n) is 6.16. The van der Waals surface area contributed by atoms with Gasteiger partial charge in [-0.2, -0.15) is 14.8 Å². The highest BCUT2D eigenvalue weighted by Gasteiger charge is 2.26. The maximum Gasteiger partial charge on any atom is 0.255 e. The Labute approximate surface area is 139 Å². The molecule has 1 amide bonds. The van der Waals surface area contributed by atoms with E-state index in [0.29, 0.717) is 17.8 Å². The number of nitrogens with one attached hydrogen (secondary N) is 1. The normalized spacial score (nSPS) is 16.3. The molecule has 24 heavy (non-hydrogen) atoms. The Morgan fingerprint density at radius 3 is 3.12 bits per heavy atom. The van der Waals surface area contributed by atoms with Crippen molar-refractivity contribution in [1.29, 1.82) is 0 Å². The van der Waals surface area contributed by atoms with Gasteiger partial charge in [-0.3, -0.25) is 4.79 Å². The number of fused-ring (bicyclic) bond motifs is 2. The van der Waals surface area contributed by atoms with Crippen LogP contribution in [0.4, 0.5) is 0 Å². The third-order valence-corrected chi connectivity index (χ3v) is 4.65. The summed E-state index contributed by atoms with van der Waals surface area (Å²) < 4.78 is 1.50. The van der Waals surface area contributed by atoms with Gasteiger partial charge in [-0.25, -0.2) is 0 Å². The fourth-order valence-corrected chi connectivity index (χ4v) is 3.46. The van der Waals surface area contributed by atoms with Crippen LogP contribution in [0.2, 0.25) is 0 Å². The van der Waals surface area contributed by atoms with Crippen LogP contribution in [0.1, 0.15) is 45.2 Å². The molecule has 6 heteroatoms. The van der Waals surface area contributed by atoms with Crippen LogP contribution in [0, 0.1) is 6.92 Å². The average Bonchev–Trinajstić information content (AvgIpc) is 3.14. The summed E-state index contributed by atoms with van der Waals surface area (Å²) in [5.41, 5.74) is 11.3. The fraction of sp³-hybridized carbons (Fsp3) is 0.278. The molecule has 122 valence electrons. The van der Waals surface area contributed by atoms with Gasteiger partial charge in [0.15, 0.2) is 0 Å². The van der Waals surface area contributed by atoms with E-state index < -0.39 is 0 Å². The number of amides is 1. The van der Waals surface area contributed by atoms with E-state index in [0.717, 1.165) is 23.9 Å². The molecule has 2 aromatic heterocycles. The molecule has 3 aromatic rings. The van der Waals surface area contributed by atoms with E-state index in [-0.39, 0.29) is 11.9 Å². The molecule has 0 spiro atoms. The van der Waals surface area contributed by atoms with Gasteiger partial charge < -0.3 is 11.1 Å². The molecule has 6 nitrogen and oxygen atoms in total. The molecular formula is C18H19N5O. The fourth-order valence-electron chi connectivity index (χ4n) is 3.46. The quantitative estimate of drug-likeness (QED) is 0.772. The monoisotopic (exact) mass is 321 g/mol. The molecule has 1 atom stereocenters. The topological polar surface area (TPSA) is 85.3 Å². The van der Waals surface area contributed by atoms with Crippen molar-refractivity contribution in [3.8, 4) is 0 Å². The van der Waals surface area contributed by atoms with Crippen molar-refractivity contribution in [2.75, 3.05) is 0 Å². The summed E-state index contributed by atoms with van der Waals surface area (Å²) in [7, 11) is 0. The van der Waals surface area contributed by atoms with Crippen LogP contribution >= 0.6 is 0 Å². The third kappa shape index (κ3) is 2.35. The highest BCUT2D eigenvalue weighted by Crippen LogP contribution is 2.32. The Morgan fingerprint density at radius 2 is 2.29 bits per heavy atom. The summed E-state index contributed by atoms with van der Waals surface area (Å²) >= 11 is 0. The Kier molecular flexibility index (Phi) is 3.54. The number of aryl methyl sites for hydroxylation is 2. The minimum Gasteiger partial charge on any atom is -0.345 e. The van der Waals surface area contributed by atoms with Crippen molar-refractivity contribution in [3.05, 3.63) is 64.5 Å². The molecule has 0 saturated carbocycles. The number of nitrogens with zero attached hydrogens (tertiary/aromatic N) is 3. The van der Waals surface area contributed by atoms with E-state index >= 15 is 0 Å². The first-order chi connectivity index (χ1) is 11.7. The third-order valence-electron chi connectivity index (χ3n) is 4.65. The molecule has 1 unspecified atom stereocenters. The van der Waals surface area contributed by atoms with Gasteiger partial charge in [0.1, 0.15) is 5.52 Å². The SMILES string of the molecule is Cc1nn2ncccc2c1C(=O)NC1CCc2cc(CN)ccc21. The second-order valence-corrected chi connectivity index (χ2v) is 6.16. The zero-order valence-corrected chi connectivity index (χ0v) is 13.5. The van der Waals surface area contributed by atoms with E-state index in [1.165, 1.54) is 15.8 Å². The lowest BCUT2D eigenvalue weighted by molar-refractivity contribution is 0.0937. The minimum absolute atomic E-state index is 0.0327. The number of carbonyl (C=O) groups excluding carboxylic acids is 1. The lowest BCUT2D eigenvalue weighted by atomic mass is 10.0. The van der Waals surface area contributed by atoms with Gasteiger partial charge in [0.25, 0.3) is 5.91 Å². The number of rotatable bonds is 3. The maximum atomic E-state index is 12.8. The number of hydrogen-bond donors (Lipinski definition) is 2. The molecule has 1 aliphatic carbocycles. The molecule has 0 aliphatic heterocycles. The number of benzene rings is 1. The van der Waals surface area contributed by atoms with Crippen LogP contribution in [0.15, 0.2) is 36.5 Å². The Hall–Kier alpha value is -2.73. The highest BCUT2D eigenvalue weighted by molar-refractivity contribution is 6.02. The van der Waals surface area contributed by atoms with Crippen molar-refractivity contribution in [2.24, 2.45) is 5.73 Å². The summed E-state index contributed by atoms with van der Waals surface area (Å²) in [4.78, 5) is 12.8. The number of nitrogens with two attached hydrogens (primary N) is 1. The van der Waals surface area contributed by atoms with Gasteiger partial charge in [0.2, 0.25) is 0 Å². The van der Waals surface area contributed by atoms with Crippen LogP contribution in [-0.4, -0.2) is 20.7 Å². The van der Waals surface area contributed by atoms with E-state index in [4.69, 9.17) is 5.73 Å². The van der Waals surface area contributed by atoms with E-state index in [1.807, 2.05) is 25.1 Å². The lowest BCUT2D eigenvalue weighted by Gasteiger charge is -2.14. The summed E-state index contributed by atoms with van der Waals surface area (Å²) in [6.45, 7) is 2.37. The van der Waals surface area contributed by atoms with Crippen molar-refractivity contribution in [3.63, 3.8) is 0 Å². The molecule has 0 fully saturated rings. The van der Waals surface area contributed by atoms with E-state index in [1.54, 1.807) is 6.20 Å². The first-order valence-corrected chi connectivity index (χ1v) is 8.10. The number of carbonyl (C=O) groups is 1. The first kappa shape index (κ1) is 14.8. The molecular weight excluding hydrogens is 302 g/mol. The molecule has 3 N–H and O–H groups in total. The van der Waals surface area contributed by atoms with Gasteiger partial charge >= 0.3 is 0 Å². The molecule has 4 rings (SSSR count). The van der Waals surface area contributed by atoms with Gasteiger partial charge in [0, 0.05) is 12.7 Å². The summed E-state index contributed by atoms with van der Waals surface area (Å²) in [6, 6.07) is 9.97. The summed E-state index contributed by atoms with van der Waals surface area (Å²) in [5, 5.41) is 11.6. The Morgan fingerprint density at radius 1 is 1.42 bits per heavy atom. The zero-order valence-electron chi connectivity index (χ0n) is 13.5. The Balaban J connectivity index is 1.63. The predicted octanol–water partition coefficient (Wildman–Crippen LogP) is 1.91. The smallest absolute Gasteiger partial charge is 0.255 e. The molecule has 1 aromatic carbocycles. The van der Waals surface area contributed by atoms with Gasteiger partial charge in [-0.15, -0.1) is 0 Å². The maximum absolute atomic E-state index is 12.8. The summed E-state index contributed by atoms with van der Waals surface area (Å²) in [5.74, 6) is -0.101. The predicted molar refractivity (Wildman–Crippen MR) is 90.6 cm³/mol. The zero-order chi connectivity index (χ0) is 16.7. The molecule has 1 aliphatic rings. The van der Waals surface area contributed by atoms with Crippen LogP contribution in [0.25, 0.3) is 5.52 Å². The second kappa shape index (κ2) is 5.72. The summed E-state index contributed by atoms with van der Waals surface area (Å²) in [6.07, 6.45) is 3.53. The van der Waals surface area contributed by atoms with Crippen LogP contribution < -0.4 is 11.1 Å². The molecule has 2 heterocycles. The highest BCUT2D eigenvalue weighted by atomic mass is 16.1. The Bertz CT molecular complexity index is 930. The lowest BCUT2D eigenvalue weighted by Crippen LogP contribution is -2.27. The number of aromatic nitrogens is 3. The standard InChI is InChI=1S/C18H19N5O/c1-11-17(16-3-2-8-20-23(16)22-11)18(24)21-15-7-5-13-9-12(10-19)4-6-14(13)15/h2-4,6,8-9,15H,5,7,10,19H2,1H3,(H,21,24). The van der Waals surface area contributed by atoms with Crippen molar-refractivity contribution in [2.45, 2.75) is 32.4 Å². The van der Waals surface area contributed by atoms with Crippen LogP contribution in [0.3, 0.4) is 0 Å². The van der Waals surface area contributed by atoms with E-state index in [9.17, 15) is 4.79 Å². The first-order valence-electron chi connectivity index (χ1n) is 8.10. The van der Waals surface area contributed by atoms with Gasteiger partial charge in [0.05, 0.1) is 17.3 Å². The number of hydrogen-bond acceptors (Lipinski definition) is 4. The van der Waals surface area contributed by atoms with Crippen molar-refractivity contribution in [1.82, 2.24) is 20.1 Å². The van der Waals surface area contributed by atoms with E-state index in [2.05, 4.69) is 27.6 Å². The largest absolute Gasteiger partial charge is 0.345 e. The molecule has 0 bridgehead atoms. The van der Waals surface area contributed by atoms with Crippen molar-refractivity contribution >= 4 is 11.4 Å². The molecule has 0 saturated heterocycles. The van der Waals surface area contributed by atoms with Gasteiger partial charge in [-0.05, 0) is 48.6 Å². The minimum atomic E-state index is -0.101. The average molecular weight is 321 g/mol. The van der Waals surface area contributed by atoms with Crippen LogP contribution in [0.5, 0.6) is 0 Å².